The second kappa shape index (κ2) is 8.75. The first-order chi connectivity index (χ1) is 13.7. The fraction of sp³-hybridized carbons (Fsp3) is 0.524. The molecule has 3 heterocycles. The molecule has 0 radical (unpaired) electrons. The van der Waals surface area contributed by atoms with E-state index >= 15 is 0 Å². The van der Waals surface area contributed by atoms with Gasteiger partial charge in [-0.3, -0.25) is 4.99 Å². The van der Waals surface area contributed by atoms with Crippen molar-refractivity contribution in [1.29, 1.82) is 0 Å². The molecule has 1 N–H and O–H groups in total. The third kappa shape index (κ3) is 4.36. The summed E-state index contributed by atoms with van der Waals surface area (Å²) in [7, 11) is 1.80. The Bertz CT molecular complexity index is 796. The number of ether oxygens (including phenoxy) is 2. The molecule has 2 fully saturated rings. The summed E-state index contributed by atoms with van der Waals surface area (Å²) < 4.78 is 17.4. The fourth-order valence-corrected chi connectivity index (χ4v) is 3.71. The molecule has 4 rings (SSSR count). The van der Waals surface area contributed by atoms with Gasteiger partial charge in [0, 0.05) is 32.3 Å². The van der Waals surface area contributed by atoms with Gasteiger partial charge in [-0.05, 0) is 31.9 Å². The summed E-state index contributed by atoms with van der Waals surface area (Å²) in [5.74, 6) is 1.49. The van der Waals surface area contributed by atoms with E-state index in [0.717, 1.165) is 49.8 Å². The smallest absolute Gasteiger partial charge is 0.226 e. The maximum absolute atomic E-state index is 5.93. The number of aromatic nitrogens is 1. The van der Waals surface area contributed by atoms with Crippen LogP contribution in [0.3, 0.4) is 0 Å². The number of morpholine rings is 1. The van der Waals surface area contributed by atoms with Gasteiger partial charge in [0.05, 0.1) is 24.9 Å². The van der Waals surface area contributed by atoms with Crippen molar-refractivity contribution >= 4 is 5.96 Å². The van der Waals surface area contributed by atoms with Gasteiger partial charge in [-0.25, -0.2) is 4.98 Å². The highest BCUT2D eigenvalue weighted by molar-refractivity contribution is 5.80. The van der Waals surface area contributed by atoms with Crippen molar-refractivity contribution < 1.29 is 13.9 Å². The number of oxazole rings is 1. The lowest BCUT2D eigenvalue weighted by atomic mass is 10.1. The minimum atomic E-state index is 0.106. The first-order valence-corrected chi connectivity index (χ1v) is 9.93. The zero-order valence-corrected chi connectivity index (χ0v) is 16.6. The molecular weight excluding hydrogens is 356 g/mol. The van der Waals surface area contributed by atoms with E-state index in [1.165, 1.54) is 5.56 Å². The Balaban J connectivity index is 1.35. The molecule has 7 heteroatoms. The van der Waals surface area contributed by atoms with E-state index in [1.807, 2.05) is 12.1 Å². The topological polar surface area (TPSA) is 72.1 Å². The molecule has 0 amide bonds. The molecular formula is C21H28N4O3. The van der Waals surface area contributed by atoms with Crippen LogP contribution in [0.1, 0.15) is 24.1 Å². The van der Waals surface area contributed by atoms with Crippen molar-refractivity contribution in [3.05, 3.63) is 41.8 Å². The second-order valence-electron chi connectivity index (χ2n) is 7.32. The van der Waals surface area contributed by atoms with E-state index in [9.17, 15) is 0 Å². The van der Waals surface area contributed by atoms with Crippen molar-refractivity contribution in [2.75, 3.05) is 33.4 Å². The SMILES string of the molecule is CN=C(NCc1coc(-c2ccc(C)cc2)n1)N1CCOC(C2CCCO2)C1. The number of aliphatic imine (C=N–C) groups is 1. The van der Waals surface area contributed by atoms with Crippen LogP contribution in [0.2, 0.25) is 0 Å². The van der Waals surface area contributed by atoms with Gasteiger partial charge in [0.2, 0.25) is 5.89 Å². The normalized spacial score (nSPS) is 23.2. The molecule has 2 atom stereocenters. The molecule has 150 valence electrons. The first-order valence-electron chi connectivity index (χ1n) is 9.93. The quantitative estimate of drug-likeness (QED) is 0.645. The summed E-state index contributed by atoms with van der Waals surface area (Å²) in [6, 6.07) is 8.16. The van der Waals surface area contributed by atoms with E-state index in [0.29, 0.717) is 19.0 Å². The monoisotopic (exact) mass is 384 g/mol. The lowest BCUT2D eigenvalue weighted by molar-refractivity contribution is -0.0817. The highest BCUT2D eigenvalue weighted by atomic mass is 16.5. The van der Waals surface area contributed by atoms with E-state index in [2.05, 4.69) is 39.2 Å². The van der Waals surface area contributed by atoms with Crippen molar-refractivity contribution in [3.63, 3.8) is 0 Å². The molecule has 0 aliphatic carbocycles. The number of rotatable bonds is 4. The predicted molar refractivity (Wildman–Crippen MR) is 107 cm³/mol. The molecule has 2 unspecified atom stereocenters. The predicted octanol–water partition coefficient (Wildman–Crippen LogP) is 2.61. The highest BCUT2D eigenvalue weighted by Crippen LogP contribution is 2.21. The number of nitrogens with one attached hydrogen (secondary N) is 1. The van der Waals surface area contributed by atoms with Crippen molar-refractivity contribution in [1.82, 2.24) is 15.2 Å². The zero-order valence-electron chi connectivity index (χ0n) is 16.6. The van der Waals surface area contributed by atoms with Crippen LogP contribution in [-0.2, 0) is 16.0 Å². The molecule has 0 bridgehead atoms. The molecule has 1 aromatic carbocycles. The van der Waals surface area contributed by atoms with E-state index < -0.39 is 0 Å². The van der Waals surface area contributed by atoms with Crippen LogP contribution in [0.25, 0.3) is 11.5 Å². The number of guanidine groups is 1. The second-order valence-corrected chi connectivity index (χ2v) is 7.32. The summed E-state index contributed by atoms with van der Waals surface area (Å²) in [6.45, 7) is 5.76. The van der Waals surface area contributed by atoms with Crippen molar-refractivity contribution in [3.8, 4) is 11.5 Å². The summed E-state index contributed by atoms with van der Waals surface area (Å²) in [4.78, 5) is 11.3. The summed E-state index contributed by atoms with van der Waals surface area (Å²) >= 11 is 0. The molecule has 28 heavy (non-hydrogen) atoms. The van der Waals surface area contributed by atoms with E-state index in [4.69, 9.17) is 13.9 Å². The highest BCUT2D eigenvalue weighted by Gasteiger charge is 2.32. The Hall–Kier alpha value is -2.38. The maximum Gasteiger partial charge on any atom is 0.226 e. The Morgan fingerprint density at radius 1 is 1.21 bits per heavy atom. The standard InChI is InChI=1S/C21H28N4O3/c1-15-5-7-16(8-6-15)20-24-17(14-28-20)12-23-21(22-2)25-9-11-27-19(13-25)18-4-3-10-26-18/h5-8,14,18-19H,3-4,9-13H2,1-2H3,(H,22,23). The number of benzene rings is 1. The van der Waals surface area contributed by atoms with Gasteiger partial charge in [-0.1, -0.05) is 17.7 Å². The minimum absolute atomic E-state index is 0.106. The fourth-order valence-electron chi connectivity index (χ4n) is 3.71. The van der Waals surface area contributed by atoms with Crippen molar-refractivity contribution in [2.45, 2.75) is 38.5 Å². The number of hydrogen-bond donors (Lipinski definition) is 1. The lowest BCUT2D eigenvalue weighted by Crippen LogP contribution is -2.53. The van der Waals surface area contributed by atoms with Crippen LogP contribution >= 0.6 is 0 Å². The summed E-state index contributed by atoms with van der Waals surface area (Å²) in [5, 5.41) is 3.40. The molecule has 2 aromatic rings. The minimum Gasteiger partial charge on any atom is -0.444 e. The summed E-state index contributed by atoms with van der Waals surface area (Å²) in [6.07, 6.45) is 4.20. The Kier molecular flexibility index (Phi) is 5.92. The Labute approximate surface area is 165 Å². The average molecular weight is 384 g/mol. The lowest BCUT2D eigenvalue weighted by Gasteiger charge is -2.37. The Morgan fingerprint density at radius 2 is 2.04 bits per heavy atom. The molecule has 2 aliphatic rings. The molecule has 0 spiro atoms. The largest absolute Gasteiger partial charge is 0.444 e. The first kappa shape index (κ1) is 19.0. The van der Waals surface area contributed by atoms with Crippen LogP contribution in [-0.4, -0.2) is 61.4 Å². The summed E-state index contributed by atoms with van der Waals surface area (Å²) in [5.41, 5.74) is 3.04. The van der Waals surface area contributed by atoms with Crippen LogP contribution < -0.4 is 5.32 Å². The molecule has 2 aliphatic heterocycles. The van der Waals surface area contributed by atoms with Crippen LogP contribution in [0.5, 0.6) is 0 Å². The molecule has 1 aromatic heterocycles. The van der Waals surface area contributed by atoms with Crippen LogP contribution in [0.15, 0.2) is 39.9 Å². The van der Waals surface area contributed by atoms with Gasteiger partial charge in [0.25, 0.3) is 0 Å². The van der Waals surface area contributed by atoms with Crippen molar-refractivity contribution in [2.24, 2.45) is 4.99 Å². The number of hydrogen-bond acceptors (Lipinski definition) is 5. The van der Waals surface area contributed by atoms with E-state index in [1.54, 1.807) is 13.3 Å². The maximum atomic E-state index is 5.93. The molecule has 2 saturated heterocycles. The molecule has 0 saturated carbocycles. The van der Waals surface area contributed by atoms with Crippen LogP contribution in [0.4, 0.5) is 0 Å². The van der Waals surface area contributed by atoms with E-state index in [-0.39, 0.29) is 12.2 Å². The van der Waals surface area contributed by atoms with Crippen LogP contribution in [0, 0.1) is 6.92 Å². The number of nitrogens with zero attached hydrogens (tertiary/aromatic N) is 3. The Morgan fingerprint density at radius 3 is 2.79 bits per heavy atom. The number of aryl methyl sites for hydroxylation is 1. The average Bonchev–Trinajstić information content (AvgIpc) is 3.42. The van der Waals surface area contributed by atoms with Gasteiger partial charge in [0.15, 0.2) is 5.96 Å². The third-order valence-corrected chi connectivity index (χ3v) is 5.26. The van der Waals surface area contributed by atoms with Gasteiger partial charge in [-0.2, -0.15) is 0 Å². The van der Waals surface area contributed by atoms with Gasteiger partial charge >= 0.3 is 0 Å². The molecule has 7 nitrogen and oxygen atoms in total. The van der Waals surface area contributed by atoms with Gasteiger partial charge < -0.3 is 24.1 Å². The zero-order chi connectivity index (χ0) is 19.3. The van der Waals surface area contributed by atoms with Gasteiger partial charge in [-0.15, -0.1) is 0 Å². The van der Waals surface area contributed by atoms with Gasteiger partial charge in [0.1, 0.15) is 12.4 Å². The third-order valence-electron chi connectivity index (χ3n) is 5.26.